The number of aryl methyl sites for hydroxylation is 2. The van der Waals surface area contributed by atoms with Gasteiger partial charge in [0.1, 0.15) is 0 Å². The van der Waals surface area contributed by atoms with Crippen LogP contribution in [-0.4, -0.2) is 34.4 Å². The summed E-state index contributed by atoms with van der Waals surface area (Å²) in [7, 11) is 1.81. The molecule has 0 aromatic carbocycles. The van der Waals surface area contributed by atoms with Crippen LogP contribution in [0.5, 0.6) is 0 Å². The smallest absolute Gasteiger partial charge is 0.166 e. The zero-order chi connectivity index (χ0) is 12.7. The Morgan fingerprint density at radius 2 is 2.24 bits per heavy atom. The third-order valence-electron chi connectivity index (χ3n) is 2.17. The SMILES string of the molecule is CNC(=S)NCCSCc1nc(C)cnc1C. The summed E-state index contributed by atoms with van der Waals surface area (Å²) in [4.78, 5) is 8.78. The van der Waals surface area contributed by atoms with Gasteiger partial charge in [-0.05, 0) is 26.1 Å². The first-order valence-corrected chi connectivity index (χ1v) is 7.02. The van der Waals surface area contributed by atoms with Crippen LogP contribution in [0.15, 0.2) is 6.20 Å². The second-order valence-electron chi connectivity index (χ2n) is 3.60. The number of thioether (sulfide) groups is 1. The molecule has 4 nitrogen and oxygen atoms in total. The van der Waals surface area contributed by atoms with Gasteiger partial charge < -0.3 is 10.6 Å². The minimum atomic E-state index is 0.692. The quantitative estimate of drug-likeness (QED) is 0.623. The zero-order valence-corrected chi connectivity index (χ0v) is 12.0. The predicted molar refractivity (Wildman–Crippen MR) is 77.3 cm³/mol. The average Bonchev–Trinajstić information content (AvgIpc) is 2.32. The molecule has 0 aliphatic rings. The fourth-order valence-electron chi connectivity index (χ4n) is 1.22. The van der Waals surface area contributed by atoms with Crippen LogP contribution in [-0.2, 0) is 5.75 Å². The van der Waals surface area contributed by atoms with E-state index in [1.54, 1.807) is 6.20 Å². The van der Waals surface area contributed by atoms with E-state index in [-0.39, 0.29) is 0 Å². The zero-order valence-electron chi connectivity index (χ0n) is 10.4. The maximum Gasteiger partial charge on any atom is 0.166 e. The van der Waals surface area contributed by atoms with Gasteiger partial charge in [-0.25, -0.2) is 0 Å². The molecule has 1 rings (SSSR count). The fraction of sp³-hybridized carbons (Fsp3) is 0.545. The van der Waals surface area contributed by atoms with E-state index >= 15 is 0 Å². The molecule has 0 amide bonds. The maximum atomic E-state index is 4.98. The van der Waals surface area contributed by atoms with Gasteiger partial charge in [0.2, 0.25) is 0 Å². The first kappa shape index (κ1) is 14.2. The lowest BCUT2D eigenvalue weighted by Gasteiger charge is -2.07. The molecule has 0 spiro atoms. The number of thiocarbonyl (C=S) groups is 1. The van der Waals surface area contributed by atoms with Gasteiger partial charge in [0.05, 0.1) is 17.1 Å². The lowest BCUT2D eigenvalue weighted by Crippen LogP contribution is -2.33. The van der Waals surface area contributed by atoms with Crippen LogP contribution in [0.4, 0.5) is 0 Å². The molecule has 0 fully saturated rings. The van der Waals surface area contributed by atoms with Crippen LogP contribution in [0.1, 0.15) is 17.1 Å². The standard InChI is InChI=1S/C11H18N4S2/c1-8-6-14-9(2)10(15-8)7-17-5-4-13-11(16)12-3/h6H,4-5,7H2,1-3H3,(H2,12,13,16). The highest BCUT2D eigenvalue weighted by Gasteiger charge is 2.02. The van der Waals surface area contributed by atoms with Crippen LogP contribution >= 0.6 is 24.0 Å². The molecular formula is C11H18N4S2. The van der Waals surface area contributed by atoms with Gasteiger partial charge in [0.15, 0.2) is 5.11 Å². The van der Waals surface area contributed by atoms with E-state index in [0.29, 0.717) is 5.11 Å². The number of nitrogens with one attached hydrogen (secondary N) is 2. The number of hydrogen-bond donors (Lipinski definition) is 2. The third-order valence-corrected chi connectivity index (χ3v) is 3.49. The fourth-order valence-corrected chi connectivity index (χ4v) is 2.18. The number of rotatable bonds is 5. The molecule has 0 bridgehead atoms. The Morgan fingerprint density at radius 3 is 2.94 bits per heavy atom. The Morgan fingerprint density at radius 1 is 1.47 bits per heavy atom. The van der Waals surface area contributed by atoms with Gasteiger partial charge in [-0.3, -0.25) is 9.97 Å². The van der Waals surface area contributed by atoms with Crippen LogP contribution < -0.4 is 10.6 Å². The summed E-state index contributed by atoms with van der Waals surface area (Å²) < 4.78 is 0. The van der Waals surface area contributed by atoms with Crippen molar-refractivity contribution in [3.8, 4) is 0 Å². The normalized spacial score (nSPS) is 10.1. The molecule has 1 aromatic heterocycles. The average molecular weight is 270 g/mol. The molecule has 1 aromatic rings. The molecule has 0 saturated heterocycles. The molecule has 0 aliphatic carbocycles. The second kappa shape index (κ2) is 7.45. The summed E-state index contributed by atoms with van der Waals surface area (Å²) >= 11 is 6.81. The van der Waals surface area contributed by atoms with E-state index in [9.17, 15) is 0 Å². The van der Waals surface area contributed by atoms with E-state index in [4.69, 9.17) is 12.2 Å². The molecule has 0 radical (unpaired) electrons. The Balaban J connectivity index is 2.26. The maximum absolute atomic E-state index is 4.98. The summed E-state index contributed by atoms with van der Waals surface area (Å²) in [5.41, 5.74) is 3.06. The number of aromatic nitrogens is 2. The highest BCUT2D eigenvalue weighted by atomic mass is 32.2. The Kier molecular flexibility index (Phi) is 6.21. The second-order valence-corrected chi connectivity index (χ2v) is 5.12. The van der Waals surface area contributed by atoms with Crippen molar-refractivity contribution in [3.63, 3.8) is 0 Å². The Labute approximate surface area is 112 Å². The summed E-state index contributed by atoms with van der Waals surface area (Å²) in [5, 5.41) is 6.68. The minimum absolute atomic E-state index is 0.692. The summed E-state index contributed by atoms with van der Waals surface area (Å²) in [6.45, 7) is 4.83. The predicted octanol–water partition coefficient (Wildman–Crippen LogP) is 1.42. The molecule has 2 N–H and O–H groups in total. The molecule has 0 unspecified atom stereocenters. The molecular weight excluding hydrogens is 252 g/mol. The Bertz CT molecular complexity index is 382. The third kappa shape index (κ3) is 5.32. The monoisotopic (exact) mass is 270 g/mol. The van der Waals surface area contributed by atoms with Crippen LogP contribution in [0.25, 0.3) is 0 Å². The van der Waals surface area contributed by atoms with Gasteiger partial charge >= 0.3 is 0 Å². The summed E-state index contributed by atoms with van der Waals surface area (Å²) in [6, 6.07) is 0. The van der Waals surface area contributed by atoms with E-state index in [1.807, 2.05) is 32.7 Å². The summed E-state index contributed by atoms with van der Waals surface area (Å²) in [5.74, 6) is 1.89. The van der Waals surface area contributed by atoms with Crippen molar-refractivity contribution >= 4 is 29.1 Å². The molecule has 0 atom stereocenters. The van der Waals surface area contributed by atoms with Gasteiger partial charge in [0, 0.05) is 31.3 Å². The van der Waals surface area contributed by atoms with Crippen molar-refractivity contribution in [3.05, 3.63) is 23.3 Å². The van der Waals surface area contributed by atoms with E-state index in [1.165, 1.54) is 0 Å². The van der Waals surface area contributed by atoms with Crippen LogP contribution in [0, 0.1) is 13.8 Å². The van der Waals surface area contributed by atoms with Gasteiger partial charge in [0.25, 0.3) is 0 Å². The largest absolute Gasteiger partial charge is 0.366 e. The van der Waals surface area contributed by atoms with Crippen molar-refractivity contribution in [1.82, 2.24) is 20.6 Å². The van der Waals surface area contributed by atoms with E-state index in [2.05, 4.69) is 20.6 Å². The molecule has 1 heterocycles. The minimum Gasteiger partial charge on any atom is -0.366 e. The first-order chi connectivity index (χ1) is 8.13. The van der Waals surface area contributed by atoms with Crippen molar-refractivity contribution in [1.29, 1.82) is 0 Å². The van der Waals surface area contributed by atoms with E-state index in [0.717, 1.165) is 35.1 Å². The molecule has 6 heteroatoms. The number of nitrogens with zero attached hydrogens (tertiary/aromatic N) is 2. The van der Waals surface area contributed by atoms with Crippen molar-refractivity contribution < 1.29 is 0 Å². The lowest BCUT2D eigenvalue weighted by atomic mass is 10.3. The van der Waals surface area contributed by atoms with Crippen LogP contribution in [0.3, 0.4) is 0 Å². The van der Waals surface area contributed by atoms with Gasteiger partial charge in [-0.2, -0.15) is 11.8 Å². The van der Waals surface area contributed by atoms with Crippen molar-refractivity contribution in [2.24, 2.45) is 0 Å². The molecule has 0 aliphatic heterocycles. The molecule has 17 heavy (non-hydrogen) atoms. The van der Waals surface area contributed by atoms with Crippen molar-refractivity contribution in [2.75, 3.05) is 19.3 Å². The van der Waals surface area contributed by atoms with Crippen LogP contribution in [0.2, 0.25) is 0 Å². The lowest BCUT2D eigenvalue weighted by molar-refractivity contribution is 0.940. The van der Waals surface area contributed by atoms with Gasteiger partial charge in [-0.15, -0.1) is 0 Å². The van der Waals surface area contributed by atoms with E-state index < -0.39 is 0 Å². The highest BCUT2D eigenvalue weighted by molar-refractivity contribution is 7.98. The summed E-state index contributed by atoms with van der Waals surface area (Å²) in [6.07, 6.45) is 1.80. The van der Waals surface area contributed by atoms with Gasteiger partial charge in [-0.1, -0.05) is 0 Å². The topological polar surface area (TPSA) is 49.8 Å². The first-order valence-electron chi connectivity index (χ1n) is 5.46. The molecule has 94 valence electrons. The molecule has 0 saturated carbocycles. The van der Waals surface area contributed by atoms with Crippen molar-refractivity contribution in [2.45, 2.75) is 19.6 Å². The number of hydrogen-bond acceptors (Lipinski definition) is 4. The Hall–Kier alpha value is -0.880. The highest BCUT2D eigenvalue weighted by Crippen LogP contribution is 2.12.